The lowest BCUT2D eigenvalue weighted by atomic mass is 10.1. The standard InChI is InChI=1S/C25H29N3O4/c1-3-31-25(29)23-24(28(27-26-23)16-18-8-12-21(30-2)13-9-18)20-10-14-22(15-11-20)32-17-19-6-4-5-7-19/h8-15,19H,3-7,16-17H2,1-2H3. The van der Waals surface area contributed by atoms with E-state index in [-0.39, 0.29) is 12.3 Å². The molecule has 0 radical (unpaired) electrons. The van der Waals surface area contributed by atoms with E-state index >= 15 is 0 Å². The second kappa shape index (κ2) is 10.3. The van der Waals surface area contributed by atoms with E-state index in [4.69, 9.17) is 14.2 Å². The van der Waals surface area contributed by atoms with Gasteiger partial charge in [-0.3, -0.25) is 0 Å². The number of ether oxygens (including phenoxy) is 3. The molecule has 7 nitrogen and oxygen atoms in total. The molecule has 0 unspecified atom stereocenters. The summed E-state index contributed by atoms with van der Waals surface area (Å²) < 4.78 is 18.1. The fraction of sp³-hybridized carbons (Fsp3) is 0.400. The average Bonchev–Trinajstić information content (AvgIpc) is 3.49. The maximum Gasteiger partial charge on any atom is 0.361 e. The van der Waals surface area contributed by atoms with Crippen molar-refractivity contribution >= 4 is 5.97 Å². The fourth-order valence-electron chi connectivity index (χ4n) is 4.05. The minimum atomic E-state index is -0.481. The van der Waals surface area contributed by atoms with Gasteiger partial charge in [0.2, 0.25) is 0 Å². The number of benzene rings is 2. The number of rotatable bonds is 9. The first kappa shape index (κ1) is 21.9. The molecule has 1 aromatic heterocycles. The molecule has 0 amide bonds. The van der Waals surface area contributed by atoms with Crippen molar-refractivity contribution in [2.45, 2.75) is 39.2 Å². The molecule has 32 heavy (non-hydrogen) atoms. The second-order valence-electron chi connectivity index (χ2n) is 8.00. The van der Waals surface area contributed by atoms with Gasteiger partial charge in [-0.2, -0.15) is 0 Å². The van der Waals surface area contributed by atoms with Gasteiger partial charge in [-0.25, -0.2) is 9.48 Å². The molecule has 3 aromatic rings. The van der Waals surface area contributed by atoms with Crippen LogP contribution in [0.4, 0.5) is 0 Å². The molecule has 7 heteroatoms. The van der Waals surface area contributed by atoms with Gasteiger partial charge in [-0.15, -0.1) is 5.10 Å². The number of nitrogens with zero attached hydrogens (tertiary/aromatic N) is 3. The highest BCUT2D eigenvalue weighted by Gasteiger charge is 2.23. The summed E-state index contributed by atoms with van der Waals surface area (Å²) in [7, 11) is 1.64. The molecule has 0 bridgehead atoms. The summed E-state index contributed by atoms with van der Waals surface area (Å²) in [4.78, 5) is 12.5. The first-order valence-corrected chi connectivity index (χ1v) is 11.1. The summed E-state index contributed by atoms with van der Waals surface area (Å²) in [6.07, 6.45) is 5.10. The van der Waals surface area contributed by atoms with Gasteiger partial charge in [-0.1, -0.05) is 30.2 Å². The molecular formula is C25H29N3O4. The van der Waals surface area contributed by atoms with Crippen LogP contribution in [0.1, 0.15) is 48.7 Å². The Morgan fingerprint density at radius 1 is 1.03 bits per heavy atom. The third kappa shape index (κ3) is 5.10. The van der Waals surface area contributed by atoms with Gasteiger partial charge in [0, 0.05) is 5.56 Å². The van der Waals surface area contributed by atoms with Crippen LogP contribution in [0.5, 0.6) is 11.5 Å². The van der Waals surface area contributed by atoms with Crippen molar-refractivity contribution in [3.05, 3.63) is 59.8 Å². The predicted molar refractivity (Wildman–Crippen MR) is 121 cm³/mol. The van der Waals surface area contributed by atoms with Crippen molar-refractivity contribution < 1.29 is 19.0 Å². The molecule has 1 aliphatic rings. The summed E-state index contributed by atoms with van der Waals surface area (Å²) >= 11 is 0. The molecule has 0 saturated heterocycles. The highest BCUT2D eigenvalue weighted by atomic mass is 16.5. The molecule has 1 heterocycles. The van der Waals surface area contributed by atoms with Crippen LogP contribution < -0.4 is 9.47 Å². The van der Waals surface area contributed by atoms with Crippen LogP contribution in [0, 0.1) is 5.92 Å². The lowest BCUT2D eigenvalue weighted by molar-refractivity contribution is 0.0520. The van der Waals surface area contributed by atoms with Crippen molar-refractivity contribution in [2.24, 2.45) is 5.92 Å². The summed E-state index contributed by atoms with van der Waals surface area (Å²) in [5.41, 5.74) is 2.69. The molecule has 1 aliphatic carbocycles. The van der Waals surface area contributed by atoms with Crippen LogP contribution in [-0.2, 0) is 11.3 Å². The van der Waals surface area contributed by atoms with E-state index in [0.717, 1.165) is 29.2 Å². The Kier molecular flexibility index (Phi) is 7.04. The lowest BCUT2D eigenvalue weighted by Gasteiger charge is -2.12. The van der Waals surface area contributed by atoms with E-state index in [1.165, 1.54) is 25.7 Å². The Morgan fingerprint density at radius 2 is 1.72 bits per heavy atom. The zero-order valence-electron chi connectivity index (χ0n) is 18.6. The molecule has 2 aromatic carbocycles. The van der Waals surface area contributed by atoms with Crippen LogP contribution in [-0.4, -0.2) is 41.3 Å². The number of hydrogen-bond acceptors (Lipinski definition) is 6. The molecular weight excluding hydrogens is 406 g/mol. The summed E-state index contributed by atoms with van der Waals surface area (Å²) in [6.45, 7) is 3.27. The second-order valence-corrected chi connectivity index (χ2v) is 8.00. The van der Waals surface area contributed by atoms with E-state index in [1.54, 1.807) is 18.7 Å². The molecule has 1 fully saturated rings. The summed E-state index contributed by atoms with van der Waals surface area (Å²) in [5.74, 6) is 1.78. The molecule has 4 rings (SSSR count). The van der Waals surface area contributed by atoms with Gasteiger partial charge >= 0.3 is 5.97 Å². The van der Waals surface area contributed by atoms with Gasteiger partial charge in [0.1, 0.15) is 17.2 Å². The SMILES string of the molecule is CCOC(=O)c1nnn(Cc2ccc(OC)cc2)c1-c1ccc(OCC2CCCC2)cc1. The van der Waals surface area contributed by atoms with Crippen LogP contribution >= 0.6 is 0 Å². The van der Waals surface area contributed by atoms with E-state index in [9.17, 15) is 4.79 Å². The number of esters is 1. The van der Waals surface area contributed by atoms with Crippen molar-refractivity contribution in [1.82, 2.24) is 15.0 Å². The molecule has 0 spiro atoms. The summed E-state index contributed by atoms with van der Waals surface area (Å²) in [6, 6.07) is 15.5. The maximum atomic E-state index is 12.5. The van der Waals surface area contributed by atoms with E-state index in [2.05, 4.69) is 10.3 Å². The van der Waals surface area contributed by atoms with Crippen LogP contribution in [0.15, 0.2) is 48.5 Å². The van der Waals surface area contributed by atoms with Gasteiger partial charge in [0.25, 0.3) is 0 Å². The maximum absolute atomic E-state index is 12.5. The Morgan fingerprint density at radius 3 is 2.38 bits per heavy atom. The van der Waals surface area contributed by atoms with Crippen LogP contribution in [0.25, 0.3) is 11.3 Å². The number of carbonyl (C=O) groups is 1. The molecule has 0 N–H and O–H groups in total. The molecule has 168 valence electrons. The topological polar surface area (TPSA) is 75.5 Å². The predicted octanol–water partition coefficient (Wildman–Crippen LogP) is 4.75. The quantitative estimate of drug-likeness (QED) is 0.452. The fourth-order valence-corrected chi connectivity index (χ4v) is 4.05. The number of aromatic nitrogens is 3. The van der Waals surface area contributed by atoms with Crippen molar-refractivity contribution in [2.75, 3.05) is 20.3 Å². The Balaban J connectivity index is 1.58. The highest BCUT2D eigenvalue weighted by Crippen LogP contribution is 2.28. The Labute approximate surface area is 188 Å². The van der Waals surface area contributed by atoms with Crippen LogP contribution in [0.3, 0.4) is 0 Å². The summed E-state index contributed by atoms with van der Waals surface area (Å²) in [5, 5.41) is 8.38. The molecule has 1 saturated carbocycles. The zero-order valence-corrected chi connectivity index (χ0v) is 18.6. The largest absolute Gasteiger partial charge is 0.497 e. The van der Waals surface area contributed by atoms with Gasteiger partial charge < -0.3 is 14.2 Å². The zero-order chi connectivity index (χ0) is 22.3. The van der Waals surface area contributed by atoms with E-state index in [1.807, 2.05) is 48.5 Å². The smallest absolute Gasteiger partial charge is 0.361 e. The van der Waals surface area contributed by atoms with Gasteiger partial charge in [0.15, 0.2) is 5.69 Å². The van der Waals surface area contributed by atoms with Crippen molar-refractivity contribution in [1.29, 1.82) is 0 Å². The Hall–Kier alpha value is -3.35. The van der Waals surface area contributed by atoms with Gasteiger partial charge in [-0.05, 0) is 67.6 Å². The number of carbonyl (C=O) groups excluding carboxylic acids is 1. The van der Waals surface area contributed by atoms with Crippen molar-refractivity contribution in [3.8, 4) is 22.8 Å². The third-order valence-corrected chi connectivity index (χ3v) is 5.78. The molecule has 0 aliphatic heterocycles. The monoisotopic (exact) mass is 435 g/mol. The first-order valence-electron chi connectivity index (χ1n) is 11.1. The number of hydrogen-bond donors (Lipinski definition) is 0. The average molecular weight is 436 g/mol. The van der Waals surface area contributed by atoms with Gasteiger partial charge in [0.05, 0.1) is 26.9 Å². The van der Waals surface area contributed by atoms with E-state index in [0.29, 0.717) is 18.2 Å². The highest BCUT2D eigenvalue weighted by molar-refractivity contribution is 5.94. The lowest BCUT2D eigenvalue weighted by Crippen LogP contribution is -2.09. The molecule has 0 atom stereocenters. The minimum absolute atomic E-state index is 0.208. The van der Waals surface area contributed by atoms with Crippen molar-refractivity contribution in [3.63, 3.8) is 0 Å². The minimum Gasteiger partial charge on any atom is -0.497 e. The van der Waals surface area contributed by atoms with Crippen LogP contribution in [0.2, 0.25) is 0 Å². The normalized spacial score (nSPS) is 13.8. The third-order valence-electron chi connectivity index (χ3n) is 5.78. The first-order chi connectivity index (χ1) is 15.7. The Bertz CT molecular complexity index is 1020. The number of methoxy groups -OCH3 is 1. The van der Waals surface area contributed by atoms with E-state index < -0.39 is 5.97 Å².